The van der Waals surface area contributed by atoms with E-state index >= 15 is 0 Å². The number of aliphatic imine (C=N–C) groups is 1. The zero-order valence-corrected chi connectivity index (χ0v) is 9.84. The molecule has 0 saturated carbocycles. The van der Waals surface area contributed by atoms with Crippen molar-refractivity contribution in [3.05, 3.63) is 11.8 Å². The molecule has 0 radical (unpaired) electrons. The minimum Gasteiger partial charge on any atom is -0.360 e. The fraction of sp³-hybridized carbons (Fsp3) is 0.333. The van der Waals surface area contributed by atoms with Crippen molar-refractivity contribution in [2.75, 3.05) is 17.6 Å². The van der Waals surface area contributed by atoms with Crippen LogP contribution in [-0.4, -0.2) is 34.4 Å². The van der Waals surface area contributed by atoms with Gasteiger partial charge in [-0.15, -0.1) is 0 Å². The largest absolute Gasteiger partial charge is 0.360 e. The van der Waals surface area contributed by atoms with E-state index in [1.54, 1.807) is 6.92 Å². The number of nitrogens with zero attached hydrogens (tertiary/aromatic N) is 2. The number of anilines is 1. The molecule has 0 bridgehead atoms. The molecular formula is C9H10N4O3S. The topological polar surface area (TPSA) is 96.6 Å². The monoisotopic (exact) mass is 254 g/mol. The summed E-state index contributed by atoms with van der Waals surface area (Å²) >= 11 is 1.40. The van der Waals surface area contributed by atoms with Gasteiger partial charge in [0.15, 0.2) is 11.0 Å². The Morgan fingerprint density at radius 1 is 1.41 bits per heavy atom. The molecule has 90 valence electrons. The van der Waals surface area contributed by atoms with Crippen molar-refractivity contribution in [2.24, 2.45) is 4.99 Å². The van der Waals surface area contributed by atoms with Gasteiger partial charge < -0.3 is 4.52 Å². The van der Waals surface area contributed by atoms with Crippen LogP contribution >= 0.6 is 11.8 Å². The molecule has 7 nitrogen and oxygen atoms in total. The summed E-state index contributed by atoms with van der Waals surface area (Å²) in [5.41, 5.74) is 0. The van der Waals surface area contributed by atoms with E-state index < -0.39 is 11.8 Å². The molecular weight excluding hydrogens is 244 g/mol. The van der Waals surface area contributed by atoms with E-state index in [-0.39, 0.29) is 5.82 Å². The highest BCUT2D eigenvalue weighted by Crippen LogP contribution is 2.09. The Morgan fingerprint density at radius 2 is 2.18 bits per heavy atom. The van der Waals surface area contributed by atoms with Gasteiger partial charge in [-0.1, -0.05) is 16.9 Å². The molecule has 0 saturated heterocycles. The van der Waals surface area contributed by atoms with Crippen LogP contribution < -0.4 is 10.6 Å². The molecule has 0 aliphatic carbocycles. The second-order valence-corrected chi connectivity index (χ2v) is 4.35. The van der Waals surface area contributed by atoms with Crippen LogP contribution in [-0.2, 0) is 9.59 Å². The lowest BCUT2D eigenvalue weighted by Gasteiger charge is -2.02. The molecule has 0 aromatic carbocycles. The van der Waals surface area contributed by atoms with Crippen LogP contribution in [0.4, 0.5) is 5.82 Å². The maximum Gasteiger partial charge on any atom is 0.315 e. The zero-order chi connectivity index (χ0) is 12.3. The Bertz CT molecular complexity index is 482. The standard InChI is InChI=1S/C9H10N4O3S/c1-5-4-6(13-16-5)11-7(14)8(15)12-9-10-2-3-17-9/h4H,2-3H2,1H3,(H,10,12,15)(H,11,13,14). The van der Waals surface area contributed by atoms with Crippen molar-refractivity contribution in [1.29, 1.82) is 0 Å². The summed E-state index contributed by atoms with van der Waals surface area (Å²) in [6, 6.07) is 1.52. The summed E-state index contributed by atoms with van der Waals surface area (Å²) in [7, 11) is 0. The van der Waals surface area contributed by atoms with Gasteiger partial charge in [-0.25, -0.2) is 0 Å². The summed E-state index contributed by atoms with van der Waals surface area (Å²) in [6.45, 7) is 2.34. The average Bonchev–Trinajstić information content (AvgIpc) is 2.90. The van der Waals surface area contributed by atoms with E-state index in [4.69, 9.17) is 4.52 Å². The number of hydrogen-bond acceptors (Lipinski definition) is 6. The lowest BCUT2D eigenvalue weighted by molar-refractivity contribution is -0.135. The van der Waals surface area contributed by atoms with E-state index in [2.05, 4.69) is 20.8 Å². The highest BCUT2D eigenvalue weighted by atomic mass is 32.2. The first-order chi connectivity index (χ1) is 8.15. The van der Waals surface area contributed by atoms with E-state index in [9.17, 15) is 9.59 Å². The maximum atomic E-state index is 11.4. The van der Waals surface area contributed by atoms with Crippen molar-refractivity contribution in [1.82, 2.24) is 10.5 Å². The molecule has 8 heteroatoms. The van der Waals surface area contributed by atoms with Crippen LogP contribution in [0.5, 0.6) is 0 Å². The van der Waals surface area contributed by atoms with Crippen molar-refractivity contribution in [3.8, 4) is 0 Å². The number of aromatic nitrogens is 1. The Hall–Kier alpha value is -1.83. The van der Waals surface area contributed by atoms with Gasteiger partial charge in [-0.3, -0.25) is 25.2 Å². The van der Waals surface area contributed by atoms with Crippen molar-refractivity contribution in [2.45, 2.75) is 6.92 Å². The van der Waals surface area contributed by atoms with Gasteiger partial charge in [0.1, 0.15) is 5.76 Å². The number of amidine groups is 1. The number of aryl methyl sites for hydroxylation is 1. The zero-order valence-electron chi connectivity index (χ0n) is 9.02. The number of rotatable bonds is 1. The summed E-state index contributed by atoms with van der Waals surface area (Å²) < 4.78 is 4.75. The van der Waals surface area contributed by atoms with E-state index in [1.807, 2.05) is 0 Å². The molecule has 2 amide bonds. The highest BCUT2D eigenvalue weighted by Gasteiger charge is 2.18. The Kier molecular flexibility index (Phi) is 3.43. The molecule has 2 heterocycles. The van der Waals surface area contributed by atoms with Gasteiger partial charge in [0.2, 0.25) is 0 Å². The smallest absolute Gasteiger partial charge is 0.315 e. The summed E-state index contributed by atoms with van der Waals surface area (Å²) in [6.07, 6.45) is 0. The highest BCUT2D eigenvalue weighted by molar-refractivity contribution is 8.14. The second-order valence-electron chi connectivity index (χ2n) is 3.27. The Morgan fingerprint density at radius 3 is 2.76 bits per heavy atom. The van der Waals surface area contributed by atoms with Crippen LogP contribution in [0.1, 0.15) is 5.76 Å². The Balaban J connectivity index is 1.89. The third kappa shape index (κ3) is 3.06. The lowest BCUT2D eigenvalue weighted by Crippen LogP contribution is -2.37. The lowest BCUT2D eigenvalue weighted by atomic mass is 10.4. The summed E-state index contributed by atoms with van der Waals surface area (Å²) in [5.74, 6) is 0.0205. The second kappa shape index (κ2) is 5.00. The molecule has 0 unspecified atom stereocenters. The van der Waals surface area contributed by atoms with Crippen LogP contribution in [0.2, 0.25) is 0 Å². The van der Waals surface area contributed by atoms with E-state index in [0.717, 1.165) is 5.75 Å². The number of nitrogens with one attached hydrogen (secondary N) is 2. The minimum atomic E-state index is -0.798. The van der Waals surface area contributed by atoms with Crippen molar-refractivity contribution < 1.29 is 14.1 Å². The van der Waals surface area contributed by atoms with Gasteiger partial charge in [-0.2, -0.15) is 0 Å². The minimum absolute atomic E-state index is 0.212. The first-order valence-corrected chi connectivity index (χ1v) is 5.86. The average molecular weight is 254 g/mol. The van der Waals surface area contributed by atoms with Crippen molar-refractivity contribution >= 4 is 34.6 Å². The Labute approximate surface area is 101 Å². The third-order valence-electron chi connectivity index (χ3n) is 1.88. The normalized spacial score (nSPS) is 14.3. The van der Waals surface area contributed by atoms with Gasteiger partial charge in [0.25, 0.3) is 0 Å². The molecule has 0 fully saturated rings. The molecule has 0 atom stereocenters. The number of carbonyl (C=O) groups excluding carboxylic acids is 2. The first kappa shape index (κ1) is 11.6. The SMILES string of the molecule is Cc1cc(NC(=O)C(=O)NC2=NCCS2)no1. The number of thioether (sulfide) groups is 1. The van der Waals surface area contributed by atoms with E-state index in [1.165, 1.54) is 17.8 Å². The molecule has 1 aliphatic heterocycles. The first-order valence-electron chi connectivity index (χ1n) is 4.88. The molecule has 1 aliphatic rings. The molecule has 0 spiro atoms. The van der Waals surface area contributed by atoms with Gasteiger partial charge in [0, 0.05) is 11.8 Å². The van der Waals surface area contributed by atoms with Gasteiger partial charge in [-0.05, 0) is 6.92 Å². The fourth-order valence-electron chi connectivity index (χ4n) is 1.16. The number of hydrogen-bond donors (Lipinski definition) is 2. The van der Waals surface area contributed by atoms with Gasteiger partial charge in [0.05, 0.1) is 6.54 Å². The van der Waals surface area contributed by atoms with Crippen molar-refractivity contribution in [3.63, 3.8) is 0 Å². The van der Waals surface area contributed by atoms with Crippen LogP contribution in [0.25, 0.3) is 0 Å². The van der Waals surface area contributed by atoms with Crippen LogP contribution in [0.15, 0.2) is 15.6 Å². The maximum absolute atomic E-state index is 11.4. The van der Waals surface area contributed by atoms with Crippen LogP contribution in [0, 0.1) is 6.92 Å². The molecule has 1 aromatic rings. The number of amides is 2. The van der Waals surface area contributed by atoms with Gasteiger partial charge >= 0.3 is 11.8 Å². The summed E-state index contributed by atoms with van der Waals surface area (Å²) in [4.78, 5) is 26.9. The predicted molar refractivity (Wildman–Crippen MR) is 62.8 cm³/mol. The number of carbonyl (C=O) groups is 2. The molecule has 17 heavy (non-hydrogen) atoms. The predicted octanol–water partition coefficient (Wildman–Crippen LogP) is 0.141. The molecule has 1 aromatic heterocycles. The van der Waals surface area contributed by atoms with E-state index in [0.29, 0.717) is 17.5 Å². The van der Waals surface area contributed by atoms with Crippen LogP contribution in [0.3, 0.4) is 0 Å². The molecule has 2 N–H and O–H groups in total. The molecule has 2 rings (SSSR count). The third-order valence-corrected chi connectivity index (χ3v) is 2.77. The fourth-order valence-corrected chi connectivity index (χ4v) is 1.89. The quantitative estimate of drug-likeness (QED) is 0.695. The summed E-state index contributed by atoms with van der Waals surface area (Å²) in [5, 5.41) is 8.75.